The average Bonchev–Trinajstić information content (AvgIpc) is 3.10. The predicted octanol–water partition coefficient (Wildman–Crippen LogP) is 3.06. The summed E-state index contributed by atoms with van der Waals surface area (Å²) in [5.41, 5.74) is 0.919. The lowest BCUT2D eigenvalue weighted by Crippen LogP contribution is -2.53. The Morgan fingerprint density at radius 3 is 2.19 bits per heavy atom. The Labute approximate surface area is 158 Å². The Bertz CT molecular complexity index is 800. The van der Waals surface area contributed by atoms with Gasteiger partial charge in [-0.15, -0.1) is 0 Å². The van der Waals surface area contributed by atoms with Crippen LogP contribution in [0.25, 0.3) is 11.4 Å². The van der Waals surface area contributed by atoms with Gasteiger partial charge in [0.05, 0.1) is 6.20 Å². The van der Waals surface area contributed by atoms with Crippen molar-refractivity contribution >= 4 is 23.4 Å². The number of halogens is 1. The molecule has 0 bridgehead atoms. The Morgan fingerprint density at radius 2 is 1.62 bits per heavy atom. The van der Waals surface area contributed by atoms with Crippen LogP contribution in [0.4, 0.5) is 0 Å². The molecule has 1 aromatic carbocycles. The number of rotatable bonds is 2. The molecule has 2 amide bonds. The molecule has 1 N–H and O–H groups in total. The van der Waals surface area contributed by atoms with E-state index in [-0.39, 0.29) is 11.8 Å². The van der Waals surface area contributed by atoms with E-state index in [9.17, 15) is 9.59 Å². The molecule has 3 rings (SSSR count). The molecule has 0 radical (unpaired) electrons. The molecule has 7 heteroatoms. The summed E-state index contributed by atoms with van der Waals surface area (Å²) in [6, 6.07) is 7.28. The first-order chi connectivity index (χ1) is 12.3. The highest BCUT2D eigenvalue weighted by atomic mass is 35.5. The number of hydrogen-bond acceptors (Lipinski definition) is 3. The van der Waals surface area contributed by atoms with Crippen molar-refractivity contribution < 1.29 is 9.59 Å². The van der Waals surface area contributed by atoms with Crippen molar-refractivity contribution in [1.82, 2.24) is 19.8 Å². The molecule has 6 nitrogen and oxygen atoms in total. The second-order valence-electron chi connectivity index (χ2n) is 7.49. The third-order valence-corrected chi connectivity index (χ3v) is 4.67. The van der Waals surface area contributed by atoms with Gasteiger partial charge in [0.1, 0.15) is 11.5 Å². The minimum Gasteiger partial charge on any atom is -0.339 e. The zero-order chi connectivity index (χ0) is 18.9. The molecule has 0 spiro atoms. The molecule has 0 aliphatic carbocycles. The van der Waals surface area contributed by atoms with Gasteiger partial charge in [0.25, 0.3) is 5.91 Å². The number of carbonyl (C=O) groups excluding carboxylic acids is 2. The lowest BCUT2D eigenvalue weighted by Gasteiger charge is -2.37. The number of H-pyrrole nitrogens is 1. The van der Waals surface area contributed by atoms with Gasteiger partial charge in [0.15, 0.2) is 0 Å². The second-order valence-corrected chi connectivity index (χ2v) is 7.92. The molecule has 0 unspecified atom stereocenters. The molecular weight excluding hydrogens is 352 g/mol. The van der Waals surface area contributed by atoms with Crippen LogP contribution in [-0.4, -0.2) is 57.8 Å². The first-order valence-electron chi connectivity index (χ1n) is 8.65. The fourth-order valence-corrected chi connectivity index (χ4v) is 3.07. The van der Waals surface area contributed by atoms with Gasteiger partial charge in [-0.2, -0.15) is 0 Å². The van der Waals surface area contributed by atoms with Gasteiger partial charge in [-0.05, 0) is 24.3 Å². The van der Waals surface area contributed by atoms with Crippen molar-refractivity contribution in [2.45, 2.75) is 20.8 Å². The van der Waals surface area contributed by atoms with Crippen LogP contribution in [0.1, 0.15) is 31.3 Å². The van der Waals surface area contributed by atoms with Gasteiger partial charge in [0.2, 0.25) is 5.91 Å². The molecule has 2 heterocycles. The fourth-order valence-electron chi connectivity index (χ4n) is 2.94. The first kappa shape index (κ1) is 18.5. The maximum atomic E-state index is 12.7. The van der Waals surface area contributed by atoms with Crippen LogP contribution in [0.5, 0.6) is 0 Å². The number of hydrogen-bond donors (Lipinski definition) is 1. The summed E-state index contributed by atoms with van der Waals surface area (Å²) < 4.78 is 0. The summed E-state index contributed by atoms with van der Waals surface area (Å²) in [7, 11) is 0. The minimum absolute atomic E-state index is 0.0967. The monoisotopic (exact) mass is 374 g/mol. The molecule has 1 saturated heterocycles. The highest BCUT2D eigenvalue weighted by Gasteiger charge is 2.31. The van der Waals surface area contributed by atoms with Gasteiger partial charge in [-0.3, -0.25) is 9.59 Å². The topological polar surface area (TPSA) is 69.3 Å². The number of imidazole rings is 1. The number of aromatic amines is 1. The number of nitrogens with zero attached hydrogens (tertiary/aromatic N) is 3. The molecule has 1 aliphatic rings. The molecule has 26 heavy (non-hydrogen) atoms. The van der Waals surface area contributed by atoms with Crippen LogP contribution in [0.2, 0.25) is 5.02 Å². The molecule has 1 aromatic heterocycles. The van der Waals surface area contributed by atoms with Gasteiger partial charge >= 0.3 is 0 Å². The third-order valence-electron chi connectivity index (χ3n) is 4.42. The molecule has 1 aliphatic heterocycles. The van der Waals surface area contributed by atoms with E-state index in [2.05, 4.69) is 9.97 Å². The number of amides is 2. The van der Waals surface area contributed by atoms with E-state index in [0.29, 0.717) is 42.7 Å². The van der Waals surface area contributed by atoms with Crippen molar-refractivity contribution in [3.8, 4) is 11.4 Å². The van der Waals surface area contributed by atoms with Crippen LogP contribution in [-0.2, 0) is 4.79 Å². The van der Waals surface area contributed by atoms with Crippen molar-refractivity contribution in [2.75, 3.05) is 26.2 Å². The van der Waals surface area contributed by atoms with Crippen molar-refractivity contribution in [1.29, 1.82) is 0 Å². The summed E-state index contributed by atoms with van der Waals surface area (Å²) in [6.07, 6.45) is 1.55. The average molecular weight is 375 g/mol. The molecular formula is C19H23ClN4O2. The zero-order valence-corrected chi connectivity index (χ0v) is 16.0. The van der Waals surface area contributed by atoms with E-state index < -0.39 is 5.41 Å². The molecule has 0 saturated carbocycles. The number of nitrogens with one attached hydrogen (secondary N) is 1. The minimum atomic E-state index is -0.400. The molecule has 2 aromatic rings. The van der Waals surface area contributed by atoms with Gasteiger partial charge in [-0.25, -0.2) is 4.98 Å². The van der Waals surface area contributed by atoms with Crippen molar-refractivity contribution in [3.05, 3.63) is 41.2 Å². The first-order valence-corrected chi connectivity index (χ1v) is 9.03. The molecule has 138 valence electrons. The lowest BCUT2D eigenvalue weighted by molar-refractivity contribution is -0.140. The van der Waals surface area contributed by atoms with Crippen LogP contribution in [0.3, 0.4) is 0 Å². The van der Waals surface area contributed by atoms with E-state index >= 15 is 0 Å². The third kappa shape index (κ3) is 3.90. The Morgan fingerprint density at radius 1 is 1.04 bits per heavy atom. The fraction of sp³-hybridized carbons (Fsp3) is 0.421. The maximum absolute atomic E-state index is 12.7. The number of piperazine rings is 1. The van der Waals surface area contributed by atoms with E-state index in [1.165, 1.54) is 0 Å². The summed E-state index contributed by atoms with van der Waals surface area (Å²) >= 11 is 5.90. The SMILES string of the molecule is CC(C)(C)C(=O)N1CCN(C(=O)c2cnc(-c3ccc(Cl)cc3)[nH]2)CC1. The van der Waals surface area contributed by atoms with E-state index in [1.54, 1.807) is 23.2 Å². The Balaban J connectivity index is 1.64. The van der Waals surface area contributed by atoms with Gasteiger partial charge < -0.3 is 14.8 Å². The number of aromatic nitrogens is 2. The van der Waals surface area contributed by atoms with Crippen LogP contribution < -0.4 is 0 Å². The summed E-state index contributed by atoms with van der Waals surface area (Å²) in [6.45, 7) is 7.90. The molecule has 0 atom stereocenters. The largest absolute Gasteiger partial charge is 0.339 e. The van der Waals surface area contributed by atoms with Gasteiger partial charge in [-0.1, -0.05) is 32.4 Å². The second kappa shape index (κ2) is 7.11. The summed E-state index contributed by atoms with van der Waals surface area (Å²) in [5, 5.41) is 0.652. The van der Waals surface area contributed by atoms with Gasteiger partial charge in [0, 0.05) is 42.2 Å². The Hall–Kier alpha value is -2.34. The van der Waals surface area contributed by atoms with Crippen LogP contribution in [0.15, 0.2) is 30.5 Å². The van der Waals surface area contributed by atoms with Crippen molar-refractivity contribution in [2.24, 2.45) is 5.41 Å². The Kier molecular flexibility index (Phi) is 5.05. The summed E-state index contributed by atoms with van der Waals surface area (Å²) in [4.78, 5) is 36.0. The smallest absolute Gasteiger partial charge is 0.272 e. The molecule has 1 fully saturated rings. The standard InChI is InChI=1S/C19H23ClN4O2/c1-19(2,3)18(26)24-10-8-23(9-11-24)17(25)15-12-21-16(22-15)13-4-6-14(20)7-5-13/h4-7,12H,8-11H2,1-3H3,(H,21,22). The number of benzene rings is 1. The quantitative estimate of drug-likeness (QED) is 0.878. The summed E-state index contributed by atoms with van der Waals surface area (Å²) in [5.74, 6) is 0.656. The lowest BCUT2D eigenvalue weighted by atomic mass is 9.94. The van der Waals surface area contributed by atoms with Crippen LogP contribution in [0, 0.1) is 5.41 Å². The maximum Gasteiger partial charge on any atom is 0.272 e. The van der Waals surface area contributed by atoms with E-state index in [1.807, 2.05) is 37.8 Å². The normalized spacial score (nSPS) is 15.2. The van der Waals surface area contributed by atoms with E-state index in [4.69, 9.17) is 11.6 Å². The highest BCUT2D eigenvalue weighted by Crippen LogP contribution is 2.21. The van der Waals surface area contributed by atoms with Crippen LogP contribution >= 0.6 is 11.6 Å². The highest BCUT2D eigenvalue weighted by molar-refractivity contribution is 6.30. The number of carbonyl (C=O) groups is 2. The zero-order valence-electron chi connectivity index (χ0n) is 15.3. The van der Waals surface area contributed by atoms with Crippen molar-refractivity contribution in [3.63, 3.8) is 0 Å². The predicted molar refractivity (Wildman–Crippen MR) is 101 cm³/mol. The van der Waals surface area contributed by atoms with E-state index in [0.717, 1.165) is 5.56 Å².